The third-order valence-electron chi connectivity index (χ3n) is 2.97. The SMILES string of the molecule is Cc1ccccc1N(C)c1ccc(C(N)=NO)cn1. The molecule has 0 aliphatic heterocycles. The number of nitrogens with zero attached hydrogens (tertiary/aromatic N) is 3. The average molecular weight is 256 g/mol. The van der Waals surface area contributed by atoms with Crippen LogP contribution in [0.2, 0.25) is 0 Å². The molecule has 0 unspecified atom stereocenters. The number of pyridine rings is 1. The number of nitrogens with two attached hydrogens (primary N) is 1. The maximum absolute atomic E-state index is 8.61. The minimum atomic E-state index is 0.0533. The molecule has 0 atom stereocenters. The van der Waals surface area contributed by atoms with Gasteiger partial charge in [-0.3, -0.25) is 0 Å². The first-order valence-electron chi connectivity index (χ1n) is 5.87. The molecule has 3 N–H and O–H groups in total. The van der Waals surface area contributed by atoms with E-state index < -0.39 is 0 Å². The number of aryl methyl sites for hydroxylation is 1. The Balaban J connectivity index is 2.30. The van der Waals surface area contributed by atoms with E-state index in [9.17, 15) is 0 Å². The van der Waals surface area contributed by atoms with Crippen LogP contribution in [0.25, 0.3) is 0 Å². The number of hydrogen-bond donors (Lipinski definition) is 2. The Morgan fingerprint density at radius 2 is 2.00 bits per heavy atom. The number of oxime groups is 1. The molecule has 0 spiro atoms. The summed E-state index contributed by atoms with van der Waals surface area (Å²) in [6, 6.07) is 11.7. The largest absolute Gasteiger partial charge is 0.409 e. The summed E-state index contributed by atoms with van der Waals surface area (Å²) < 4.78 is 0. The first-order chi connectivity index (χ1) is 9.13. The van der Waals surface area contributed by atoms with Crippen LogP contribution >= 0.6 is 0 Å². The average Bonchev–Trinajstić information content (AvgIpc) is 2.46. The topological polar surface area (TPSA) is 74.7 Å². The van der Waals surface area contributed by atoms with Crippen LogP contribution in [-0.4, -0.2) is 23.1 Å². The lowest BCUT2D eigenvalue weighted by Gasteiger charge is -2.20. The Morgan fingerprint density at radius 1 is 1.26 bits per heavy atom. The first kappa shape index (κ1) is 12.9. The summed E-state index contributed by atoms with van der Waals surface area (Å²) in [4.78, 5) is 6.31. The predicted molar refractivity (Wildman–Crippen MR) is 76.0 cm³/mol. The van der Waals surface area contributed by atoms with Gasteiger partial charge >= 0.3 is 0 Å². The molecule has 19 heavy (non-hydrogen) atoms. The predicted octanol–water partition coefficient (Wildman–Crippen LogP) is 2.25. The highest BCUT2D eigenvalue weighted by atomic mass is 16.4. The van der Waals surface area contributed by atoms with Crippen LogP contribution in [0.4, 0.5) is 11.5 Å². The number of rotatable bonds is 3. The van der Waals surface area contributed by atoms with E-state index in [0.29, 0.717) is 5.56 Å². The van der Waals surface area contributed by atoms with Gasteiger partial charge in [-0.05, 0) is 30.7 Å². The van der Waals surface area contributed by atoms with Crippen LogP contribution < -0.4 is 10.6 Å². The van der Waals surface area contributed by atoms with E-state index in [1.54, 1.807) is 12.3 Å². The summed E-state index contributed by atoms with van der Waals surface area (Å²) in [6.45, 7) is 2.05. The fourth-order valence-corrected chi connectivity index (χ4v) is 1.86. The van der Waals surface area contributed by atoms with Gasteiger partial charge in [0.15, 0.2) is 5.84 Å². The number of anilines is 2. The minimum absolute atomic E-state index is 0.0533. The van der Waals surface area contributed by atoms with Crippen molar-refractivity contribution in [3.05, 3.63) is 53.7 Å². The lowest BCUT2D eigenvalue weighted by Crippen LogP contribution is -2.15. The van der Waals surface area contributed by atoms with Gasteiger partial charge in [0.2, 0.25) is 0 Å². The summed E-state index contributed by atoms with van der Waals surface area (Å²) in [5.41, 5.74) is 8.35. The fraction of sp³-hybridized carbons (Fsp3) is 0.143. The van der Waals surface area contributed by atoms with Gasteiger partial charge in [0.05, 0.1) is 0 Å². The van der Waals surface area contributed by atoms with Crippen molar-refractivity contribution in [1.29, 1.82) is 0 Å². The van der Waals surface area contributed by atoms with Gasteiger partial charge in [-0.1, -0.05) is 23.4 Å². The monoisotopic (exact) mass is 256 g/mol. The maximum atomic E-state index is 8.61. The zero-order valence-electron chi connectivity index (χ0n) is 10.9. The molecule has 1 aromatic carbocycles. The molecule has 0 fully saturated rings. The molecule has 5 nitrogen and oxygen atoms in total. The summed E-state index contributed by atoms with van der Waals surface area (Å²) >= 11 is 0. The van der Waals surface area contributed by atoms with Crippen LogP contribution in [0.1, 0.15) is 11.1 Å². The molecule has 0 radical (unpaired) electrons. The number of benzene rings is 1. The summed E-state index contributed by atoms with van der Waals surface area (Å²) in [5.74, 6) is 0.849. The van der Waals surface area contributed by atoms with E-state index in [1.165, 1.54) is 5.56 Å². The molecular weight excluding hydrogens is 240 g/mol. The van der Waals surface area contributed by atoms with E-state index in [2.05, 4.69) is 23.1 Å². The molecule has 98 valence electrons. The van der Waals surface area contributed by atoms with Crippen molar-refractivity contribution in [3.8, 4) is 0 Å². The Labute approximate surface area is 112 Å². The maximum Gasteiger partial charge on any atom is 0.171 e. The molecule has 5 heteroatoms. The van der Waals surface area contributed by atoms with E-state index in [-0.39, 0.29) is 5.84 Å². The summed E-state index contributed by atoms with van der Waals surface area (Å²) in [7, 11) is 1.95. The molecule has 0 aliphatic carbocycles. The molecule has 1 heterocycles. The Hall–Kier alpha value is -2.56. The van der Waals surface area contributed by atoms with Gasteiger partial charge in [-0.2, -0.15) is 0 Å². The Kier molecular flexibility index (Phi) is 3.66. The van der Waals surface area contributed by atoms with Crippen LogP contribution in [0.5, 0.6) is 0 Å². The second-order valence-electron chi connectivity index (χ2n) is 4.24. The second-order valence-corrected chi connectivity index (χ2v) is 4.24. The van der Waals surface area contributed by atoms with Crippen molar-refractivity contribution < 1.29 is 5.21 Å². The normalized spacial score (nSPS) is 11.4. The van der Waals surface area contributed by atoms with Crippen molar-refractivity contribution in [2.24, 2.45) is 10.9 Å². The summed E-state index contributed by atoms with van der Waals surface area (Å²) in [6.07, 6.45) is 1.58. The zero-order chi connectivity index (χ0) is 13.8. The summed E-state index contributed by atoms with van der Waals surface area (Å²) in [5, 5.41) is 11.6. The van der Waals surface area contributed by atoms with Crippen molar-refractivity contribution >= 4 is 17.3 Å². The Bertz CT molecular complexity index is 593. The molecule has 2 aromatic rings. The highest BCUT2D eigenvalue weighted by molar-refractivity contribution is 5.96. The van der Waals surface area contributed by atoms with Gasteiger partial charge in [0, 0.05) is 24.5 Å². The molecule has 0 saturated carbocycles. The number of hydrogen-bond acceptors (Lipinski definition) is 4. The van der Waals surface area contributed by atoms with Gasteiger partial charge in [-0.15, -0.1) is 0 Å². The van der Waals surface area contributed by atoms with Gasteiger partial charge in [0.25, 0.3) is 0 Å². The number of aromatic nitrogens is 1. The lowest BCUT2D eigenvalue weighted by molar-refractivity contribution is 0.318. The van der Waals surface area contributed by atoms with Gasteiger partial charge in [-0.25, -0.2) is 4.98 Å². The van der Waals surface area contributed by atoms with E-state index >= 15 is 0 Å². The lowest BCUT2D eigenvalue weighted by atomic mass is 10.2. The first-order valence-corrected chi connectivity index (χ1v) is 5.87. The van der Waals surface area contributed by atoms with Gasteiger partial charge in [0.1, 0.15) is 5.82 Å². The zero-order valence-corrected chi connectivity index (χ0v) is 10.9. The molecule has 0 saturated heterocycles. The van der Waals surface area contributed by atoms with Crippen LogP contribution in [0.3, 0.4) is 0 Å². The molecular formula is C14H16N4O. The van der Waals surface area contributed by atoms with Gasteiger partial charge < -0.3 is 15.8 Å². The molecule has 2 rings (SSSR count). The third-order valence-corrected chi connectivity index (χ3v) is 2.97. The third kappa shape index (κ3) is 2.65. The fourth-order valence-electron chi connectivity index (χ4n) is 1.86. The van der Waals surface area contributed by atoms with Crippen molar-refractivity contribution in [2.75, 3.05) is 11.9 Å². The van der Waals surface area contributed by atoms with E-state index in [1.807, 2.05) is 36.2 Å². The van der Waals surface area contributed by atoms with E-state index in [0.717, 1.165) is 11.5 Å². The Morgan fingerprint density at radius 3 is 2.58 bits per heavy atom. The standard InChI is InChI=1S/C14H16N4O/c1-10-5-3-4-6-12(10)18(2)13-8-7-11(9-16-13)14(15)17-19/h3-9,19H,1-2H3,(H2,15,17). The number of amidine groups is 1. The quantitative estimate of drug-likeness (QED) is 0.382. The number of para-hydroxylation sites is 1. The van der Waals surface area contributed by atoms with Crippen molar-refractivity contribution in [3.63, 3.8) is 0 Å². The van der Waals surface area contributed by atoms with Crippen LogP contribution in [0, 0.1) is 6.92 Å². The highest BCUT2D eigenvalue weighted by Crippen LogP contribution is 2.24. The molecule has 0 aliphatic rings. The van der Waals surface area contributed by atoms with Crippen molar-refractivity contribution in [1.82, 2.24) is 4.98 Å². The smallest absolute Gasteiger partial charge is 0.171 e. The second kappa shape index (κ2) is 5.39. The highest BCUT2D eigenvalue weighted by Gasteiger charge is 2.08. The van der Waals surface area contributed by atoms with Crippen LogP contribution in [0.15, 0.2) is 47.8 Å². The molecule has 1 aromatic heterocycles. The van der Waals surface area contributed by atoms with Crippen molar-refractivity contribution in [2.45, 2.75) is 6.92 Å². The van der Waals surface area contributed by atoms with Crippen LogP contribution in [-0.2, 0) is 0 Å². The molecule has 0 amide bonds. The minimum Gasteiger partial charge on any atom is -0.409 e. The van der Waals surface area contributed by atoms with E-state index in [4.69, 9.17) is 10.9 Å². The molecule has 0 bridgehead atoms.